The minimum absolute atomic E-state index is 0.0332. The van der Waals surface area contributed by atoms with Crippen LogP contribution in [0.4, 0.5) is 5.69 Å². The van der Waals surface area contributed by atoms with Crippen molar-refractivity contribution in [1.29, 1.82) is 0 Å². The van der Waals surface area contributed by atoms with Gasteiger partial charge in [-0.2, -0.15) is 0 Å². The van der Waals surface area contributed by atoms with Crippen LogP contribution in [0.1, 0.15) is 22.3 Å². The van der Waals surface area contributed by atoms with E-state index in [1.807, 2.05) is 12.1 Å². The molecule has 3 aromatic rings. The monoisotopic (exact) mass is 423 g/mol. The summed E-state index contributed by atoms with van der Waals surface area (Å²) in [4.78, 5) is 35.5. The number of nitro benzene ring substituents is 1. The van der Waals surface area contributed by atoms with Gasteiger partial charge in [-0.15, -0.1) is 0 Å². The number of morpholine rings is 1. The van der Waals surface area contributed by atoms with Gasteiger partial charge in [0.25, 0.3) is 11.6 Å². The van der Waals surface area contributed by atoms with E-state index in [1.165, 1.54) is 12.1 Å². The number of amides is 1. The molecule has 9 nitrogen and oxygen atoms in total. The molecule has 1 aliphatic rings. The third-order valence-corrected chi connectivity index (χ3v) is 5.52. The van der Waals surface area contributed by atoms with E-state index in [0.717, 1.165) is 44.8 Å². The van der Waals surface area contributed by atoms with Crippen molar-refractivity contribution in [2.45, 2.75) is 13.0 Å². The van der Waals surface area contributed by atoms with Crippen LogP contribution in [0.5, 0.6) is 0 Å². The Morgan fingerprint density at radius 1 is 1.23 bits per heavy atom. The molecule has 4 rings (SSSR count). The van der Waals surface area contributed by atoms with Gasteiger partial charge in [-0.05, 0) is 30.2 Å². The van der Waals surface area contributed by atoms with Gasteiger partial charge in [0.15, 0.2) is 0 Å². The number of hydrogen-bond acceptors (Lipinski definition) is 6. The molecule has 0 atom stereocenters. The summed E-state index contributed by atoms with van der Waals surface area (Å²) >= 11 is 0. The van der Waals surface area contributed by atoms with Crippen LogP contribution in [0.25, 0.3) is 10.9 Å². The summed E-state index contributed by atoms with van der Waals surface area (Å²) in [7, 11) is 0. The molecule has 2 aromatic heterocycles. The van der Waals surface area contributed by atoms with Gasteiger partial charge >= 0.3 is 0 Å². The quantitative estimate of drug-likeness (QED) is 0.441. The van der Waals surface area contributed by atoms with E-state index in [1.54, 1.807) is 29.6 Å². The van der Waals surface area contributed by atoms with E-state index in [4.69, 9.17) is 4.74 Å². The summed E-state index contributed by atoms with van der Waals surface area (Å²) in [5, 5.41) is 11.8. The maximum atomic E-state index is 13.5. The van der Waals surface area contributed by atoms with Crippen LogP contribution in [0.3, 0.4) is 0 Å². The van der Waals surface area contributed by atoms with Crippen LogP contribution in [0.15, 0.2) is 48.9 Å². The number of benzene rings is 1. The number of H-pyrrole nitrogens is 1. The molecule has 3 heterocycles. The fourth-order valence-electron chi connectivity index (χ4n) is 3.84. The largest absolute Gasteiger partial charge is 0.379 e. The second-order valence-corrected chi connectivity index (χ2v) is 7.58. The van der Waals surface area contributed by atoms with Gasteiger partial charge in [0.2, 0.25) is 0 Å². The van der Waals surface area contributed by atoms with E-state index in [2.05, 4.69) is 14.9 Å². The third-order valence-electron chi connectivity index (χ3n) is 5.52. The van der Waals surface area contributed by atoms with Crippen molar-refractivity contribution >= 4 is 22.5 Å². The number of pyridine rings is 1. The van der Waals surface area contributed by atoms with E-state index in [9.17, 15) is 14.9 Å². The van der Waals surface area contributed by atoms with Gasteiger partial charge in [0, 0.05) is 74.3 Å². The molecule has 1 aliphatic heterocycles. The number of hydrogen-bond donors (Lipinski definition) is 1. The molecular weight excluding hydrogens is 398 g/mol. The number of aromatic nitrogens is 2. The van der Waals surface area contributed by atoms with Crippen molar-refractivity contribution in [3.8, 4) is 0 Å². The maximum absolute atomic E-state index is 13.5. The van der Waals surface area contributed by atoms with Crippen molar-refractivity contribution in [3.63, 3.8) is 0 Å². The number of ether oxygens (including phenoxy) is 1. The molecule has 0 aliphatic carbocycles. The molecule has 1 amide bonds. The number of fused-ring (bicyclic) bond motifs is 1. The zero-order valence-corrected chi connectivity index (χ0v) is 17.2. The van der Waals surface area contributed by atoms with E-state index < -0.39 is 4.92 Å². The smallest absolute Gasteiger partial charge is 0.270 e. The molecule has 0 bridgehead atoms. The Morgan fingerprint density at radius 3 is 2.74 bits per heavy atom. The van der Waals surface area contributed by atoms with Crippen molar-refractivity contribution in [2.24, 2.45) is 0 Å². The Morgan fingerprint density at radius 2 is 2.00 bits per heavy atom. The van der Waals surface area contributed by atoms with Crippen molar-refractivity contribution in [2.75, 3.05) is 39.4 Å². The highest BCUT2D eigenvalue weighted by molar-refractivity contribution is 6.07. The Labute approximate surface area is 179 Å². The number of aromatic amines is 1. The van der Waals surface area contributed by atoms with Crippen LogP contribution >= 0.6 is 0 Å². The highest BCUT2D eigenvalue weighted by Crippen LogP contribution is 2.25. The molecule has 0 radical (unpaired) electrons. The topological polar surface area (TPSA) is 105 Å². The Kier molecular flexibility index (Phi) is 6.54. The number of carbonyl (C=O) groups excluding carboxylic acids is 1. The van der Waals surface area contributed by atoms with Gasteiger partial charge in [-0.3, -0.25) is 24.8 Å². The summed E-state index contributed by atoms with van der Waals surface area (Å²) in [6.07, 6.45) is 5.89. The lowest BCUT2D eigenvalue weighted by Crippen LogP contribution is -2.39. The molecular formula is C22H25N5O4. The van der Waals surface area contributed by atoms with Crippen LogP contribution in [-0.2, 0) is 11.3 Å². The molecule has 1 saturated heterocycles. The van der Waals surface area contributed by atoms with E-state index >= 15 is 0 Å². The summed E-state index contributed by atoms with van der Waals surface area (Å²) < 4.78 is 5.40. The summed E-state index contributed by atoms with van der Waals surface area (Å²) in [5.74, 6) is -0.148. The molecule has 1 N–H and O–H groups in total. The lowest BCUT2D eigenvalue weighted by atomic mass is 10.1. The van der Waals surface area contributed by atoms with Crippen molar-refractivity contribution in [1.82, 2.24) is 19.8 Å². The Balaban J connectivity index is 1.54. The van der Waals surface area contributed by atoms with Crippen LogP contribution < -0.4 is 0 Å². The molecule has 1 aromatic carbocycles. The summed E-state index contributed by atoms with van der Waals surface area (Å²) in [5.41, 5.74) is 2.10. The van der Waals surface area contributed by atoms with Crippen LogP contribution in [0.2, 0.25) is 0 Å². The number of rotatable bonds is 8. The average molecular weight is 423 g/mol. The first kappa shape index (κ1) is 21.0. The fraction of sp³-hybridized carbons (Fsp3) is 0.364. The van der Waals surface area contributed by atoms with Crippen LogP contribution in [0, 0.1) is 10.1 Å². The molecule has 1 fully saturated rings. The Hall–Kier alpha value is -3.30. The first-order valence-corrected chi connectivity index (χ1v) is 10.4. The molecule has 162 valence electrons. The number of nitrogens with one attached hydrogen (secondary N) is 1. The first-order chi connectivity index (χ1) is 15.1. The zero-order valence-electron chi connectivity index (χ0n) is 17.2. The second-order valence-electron chi connectivity index (χ2n) is 7.58. The minimum atomic E-state index is -0.447. The fourth-order valence-corrected chi connectivity index (χ4v) is 3.84. The Bertz CT molecular complexity index is 1050. The molecule has 9 heteroatoms. The van der Waals surface area contributed by atoms with Gasteiger partial charge in [0.1, 0.15) is 0 Å². The summed E-state index contributed by atoms with van der Waals surface area (Å²) in [6, 6.07) is 8.31. The SMILES string of the molecule is O=C(c1c[nH]c2ccc([N+](=O)[O-])cc12)N(CCCN1CCOCC1)Cc1ccncc1. The standard InChI is InChI=1S/C22H25N5O4/c28-22(20-15-24-21-3-2-18(27(29)30)14-19(20)21)26(16-17-4-6-23-7-5-17)9-1-8-25-10-12-31-13-11-25/h2-7,14-15,24H,1,8-13,16H2. The highest BCUT2D eigenvalue weighted by Gasteiger charge is 2.21. The lowest BCUT2D eigenvalue weighted by Gasteiger charge is -2.28. The van der Waals surface area contributed by atoms with Crippen molar-refractivity contribution in [3.05, 3.63) is 70.2 Å². The normalized spacial score (nSPS) is 14.6. The van der Waals surface area contributed by atoms with Gasteiger partial charge < -0.3 is 14.6 Å². The van der Waals surface area contributed by atoms with Crippen LogP contribution in [-0.4, -0.2) is 70.0 Å². The molecule has 31 heavy (non-hydrogen) atoms. The van der Waals surface area contributed by atoms with Gasteiger partial charge in [-0.1, -0.05) is 0 Å². The zero-order chi connectivity index (χ0) is 21.6. The average Bonchev–Trinajstić information content (AvgIpc) is 3.22. The lowest BCUT2D eigenvalue weighted by molar-refractivity contribution is -0.384. The molecule has 0 spiro atoms. The predicted octanol–water partition coefficient (Wildman–Crippen LogP) is 2.84. The third kappa shape index (κ3) is 5.07. The number of non-ortho nitro benzene ring substituents is 1. The molecule has 0 unspecified atom stereocenters. The van der Waals surface area contributed by atoms with Crippen molar-refractivity contribution < 1.29 is 14.5 Å². The second kappa shape index (κ2) is 9.67. The maximum Gasteiger partial charge on any atom is 0.270 e. The number of carbonyl (C=O) groups is 1. The van der Waals surface area contributed by atoms with Gasteiger partial charge in [0.05, 0.1) is 23.7 Å². The predicted molar refractivity (Wildman–Crippen MR) is 116 cm³/mol. The number of nitrogens with zero attached hydrogens (tertiary/aromatic N) is 4. The highest BCUT2D eigenvalue weighted by atomic mass is 16.6. The van der Waals surface area contributed by atoms with Gasteiger partial charge in [-0.25, -0.2) is 0 Å². The van der Waals surface area contributed by atoms with E-state index in [0.29, 0.717) is 29.6 Å². The first-order valence-electron chi connectivity index (χ1n) is 10.4. The minimum Gasteiger partial charge on any atom is -0.379 e. The summed E-state index contributed by atoms with van der Waals surface area (Å²) in [6.45, 7) is 5.23. The number of nitro groups is 1. The van der Waals surface area contributed by atoms with E-state index in [-0.39, 0.29) is 11.6 Å². The molecule has 0 saturated carbocycles.